The largest absolute Gasteiger partial charge is 0.348 e. The molecule has 0 radical (unpaired) electrons. The normalized spacial score (nSPS) is 20.6. The van der Waals surface area contributed by atoms with Crippen LogP contribution in [0.1, 0.15) is 53.0 Å². The number of rotatable bonds is 2. The third kappa shape index (κ3) is 2.94. The molecule has 1 aliphatic carbocycles. The van der Waals surface area contributed by atoms with Gasteiger partial charge in [-0.05, 0) is 56.4 Å². The van der Waals surface area contributed by atoms with E-state index in [1.807, 2.05) is 4.90 Å². The Morgan fingerprint density at radius 2 is 1.97 bits per heavy atom. The number of hydrogen-bond donors (Lipinski definition) is 1. The molecule has 2 aromatic rings. The molecule has 2 aliphatic heterocycles. The zero-order valence-corrected chi connectivity index (χ0v) is 16.6. The number of amides is 2. The van der Waals surface area contributed by atoms with E-state index < -0.39 is 5.54 Å². The van der Waals surface area contributed by atoms with Crippen LogP contribution in [0.2, 0.25) is 0 Å². The third-order valence-electron chi connectivity index (χ3n) is 6.74. The summed E-state index contributed by atoms with van der Waals surface area (Å²) in [5.74, 6) is 0.0181. The molecular weight excluding hydrogens is 371 g/mol. The fourth-order valence-corrected chi connectivity index (χ4v) is 4.90. The minimum Gasteiger partial charge on any atom is -0.348 e. The molecule has 3 aliphatic rings. The Balaban J connectivity index is 1.40. The molecule has 0 unspecified atom stereocenters. The molecule has 1 spiro atoms. The van der Waals surface area contributed by atoms with Crippen LogP contribution in [0, 0.1) is 18.7 Å². The van der Waals surface area contributed by atoms with Gasteiger partial charge in [0, 0.05) is 43.2 Å². The van der Waals surface area contributed by atoms with Crippen LogP contribution in [-0.2, 0) is 16.8 Å². The number of nitrogens with one attached hydrogen (secondary N) is 1. The molecule has 1 aromatic carbocycles. The summed E-state index contributed by atoms with van der Waals surface area (Å²) >= 11 is 0. The lowest BCUT2D eigenvalue weighted by atomic mass is 9.78. The van der Waals surface area contributed by atoms with Crippen molar-refractivity contribution >= 4 is 11.8 Å². The summed E-state index contributed by atoms with van der Waals surface area (Å²) in [5.41, 5.74) is 2.64. The van der Waals surface area contributed by atoms with E-state index in [0.29, 0.717) is 43.6 Å². The van der Waals surface area contributed by atoms with Crippen LogP contribution < -0.4 is 0 Å². The van der Waals surface area contributed by atoms with Crippen molar-refractivity contribution in [2.75, 3.05) is 19.6 Å². The summed E-state index contributed by atoms with van der Waals surface area (Å²) in [5, 5.41) is 0. The fourth-order valence-electron chi connectivity index (χ4n) is 4.90. The van der Waals surface area contributed by atoms with Crippen molar-refractivity contribution in [3.8, 4) is 0 Å². The van der Waals surface area contributed by atoms with Crippen LogP contribution in [0.5, 0.6) is 0 Å². The summed E-state index contributed by atoms with van der Waals surface area (Å²) in [6.07, 6.45) is 5.83. The van der Waals surface area contributed by atoms with Crippen molar-refractivity contribution < 1.29 is 14.0 Å². The molecule has 152 valence electrons. The first kappa shape index (κ1) is 18.3. The average Bonchev–Trinajstić information content (AvgIpc) is 3.47. The van der Waals surface area contributed by atoms with Gasteiger partial charge in [0.2, 0.25) is 5.91 Å². The molecule has 6 nitrogen and oxygen atoms in total. The van der Waals surface area contributed by atoms with Crippen LogP contribution in [0.3, 0.4) is 0 Å². The Kier molecular flexibility index (Phi) is 4.22. The summed E-state index contributed by atoms with van der Waals surface area (Å²) in [7, 11) is 0. The fraction of sp³-hybridized carbons (Fsp3) is 0.500. The smallest absolute Gasteiger partial charge is 0.253 e. The second-order valence-electron chi connectivity index (χ2n) is 8.53. The van der Waals surface area contributed by atoms with Gasteiger partial charge >= 0.3 is 0 Å². The quantitative estimate of drug-likeness (QED) is 0.849. The number of halogens is 1. The first-order valence-electron chi connectivity index (χ1n) is 10.4. The predicted molar refractivity (Wildman–Crippen MR) is 105 cm³/mol. The van der Waals surface area contributed by atoms with E-state index in [1.165, 1.54) is 6.07 Å². The second-order valence-corrected chi connectivity index (χ2v) is 8.53. The Bertz CT molecular complexity index is 973. The lowest BCUT2D eigenvalue weighted by molar-refractivity contribution is -0.143. The van der Waals surface area contributed by atoms with Gasteiger partial charge in [0.05, 0.1) is 17.6 Å². The first-order chi connectivity index (χ1) is 14.0. The number of benzene rings is 1. The second kappa shape index (κ2) is 6.68. The molecule has 0 atom stereocenters. The Labute approximate surface area is 169 Å². The number of likely N-dealkylation sites (tertiary alicyclic amines) is 1. The zero-order valence-electron chi connectivity index (χ0n) is 16.6. The van der Waals surface area contributed by atoms with Crippen LogP contribution in [0.15, 0.2) is 24.5 Å². The lowest BCUT2D eigenvalue weighted by Gasteiger charge is -2.50. The number of aromatic nitrogens is 2. The Morgan fingerprint density at radius 3 is 2.66 bits per heavy atom. The van der Waals surface area contributed by atoms with Gasteiger partial charge in [0.25, 0.3) is 5.91 Å². The highest BCUT2D eigenvalue weighted by atomic mass is 19.1. The number of fused-ring (bicyclic) bond motifs is 2. The molecule has 1 aromatic heterocycles. The number of aryl methyl sites for hydroxylation is 1. The average molecular weight is 396 g/mol. The molecule has 0 bridgehead atoms. The van der Waals surface area contributed by atoms with Crippen LogP contribution in [-0.4, -0.2) is 51.2 Å². The van der Waals surface area contributed by atoms with Crippen molar-refractivity contribution in [3.63, 3.8) is 0 Å². The predicted octanol–water partition coefficient (Wildman–Crippen LogP) is 2.78. The summed E-state index contributed by atoms with van der Waals surface area (Å²) in [4.78, 5) is 37.7. The maximum absolute atomic E-state index is 13.6. The number of imidazole rings is 1. The molecule has 2 amide bonds. The van der Waals surface area contributed by atoms with Gasteiger partial charge in [0.15, 0.2) is 0 Å². The van der Waals surface area contributed by atoms with Gasteiger partial charge in [-0.15, -0.1) is 0 Å². The molecule has 3 heterocycles. The Hall–Kier alpha value is -2.70. The van der Waals surface area contributed by atoms with E-state index in [4.69, 9.17) is 0 Å². The van der Waals surface area contributed by atoms with Crippen molar-refractivity contribution in [2.24, 2.45) is 5.92 Å². The van der Waals surface area contributed by atoms with E-state index in [2.05, 4.69) is 14.9 Å². The van der Waals surface area contributed by atoms with Gasteiger partial charge in [-0.2, -0.15) is 0 Å². The van der Waals surface area contributed by atoms with Crippen molar-refractivity contribution in [2.45, 2.75) is 44.6 Å². The minimum atomic E-state index is -0.428. The number of nitrogens with zero attached hydrogens (tertiary/aromatic N) is 3. The van der Waals surface area contributed by atoms with Crippen molar-refractivity contribution in [3.05, 3.63) is 52.9 Å². The molecule has 5 rings (SSSR count). The van der Waals surface area contributed by atoms with E-state index in [9.17, 15) is 14.0 Å². The van der Waals surface area contributed by atoms with Gasteiger partial charge < -0.3 is 14.8 Å². The topological polar surface area (TPSA) is 69.3 Å². The highest BCUT2D eigenvalue weighted by Gasteiger charge is 2.51. The molecular formula is C22H25FN4O2. The van der Waals surface area contributed by atoms with Gasteiger partial charge in [-0.25, -0.2) is 9.37 Å². The van der Waals surface area contributed by atoms with E-state index in [0.717, 1.165) is 30.7 Å². The molecule has 1 saturated carbocycles. The number of H-pyrrole nitrogens is 1. The van der Waals surface area contributed by atoms with Crippen molar-refractivity contribution in [1.29, 1.82) is 0 Å². The molecule has 2 fully saturated rings. The standard InChI is InChI=1S/C22H25FN4O2/c1-14-12-16(4-5-17(14)23)20(28)26-10-7-22(8-11-26)19-18(24-13-25-19)6-9-27(22)21(29)15-2-3-15/h4-5,12-13,15H,2-3,6-11H2,1H3,(H,24,25). The van der Waals surface area contributed by atoms with Gasteiger partial charge in [0.1, 0.15) is 5.82 Å². The summed E-state index contributed by atoms with van der Waals surface area (Å²) in [6, 6.07) is 4.50. The van der Waals surface area contributed by atoms with E-state index in [1.54, 1.807) is 25.4 Å². The first-order valence-corrected chi connectivity index (χ1v) is 10.4. The maximum atomic E-state index is 13.6. The Morgan fingerprint density at radius 1 is 1.21 bits per heavy atom. The van der Waals surface area contributed by atoms with E-state index in [-0.39, 0.29) is 23.5 Å². The van der Waals surface area contributed by atoms with Gasteiger partial charge in [-0.3, -0.25) is 9.59 Å². The van der Waals surface area contributed by atoms with Gasteiger partial charge in [-0.1, -0.05) is 0 Å². The zero-order chi connectivity index (χ0) is 20.2. The monoisotopic (exact) mass is 396 g/mol. The number of carbonyl (C=O) groups excluding carboxylic acids is 2. The number of carbonyl (C=O) groups is 2. The highest BCUT2D eigenvalue weighted by Crippen LogP contribution is 2.45. The van der Waals surface area contributed by atoms with Crippen LogP contribution in [0.4, 0.5) is 4.39 Å². The SMILES string of the molecule is Cc1cc(C(=O)N2CCC3(CC2)c2nc[nH]c2CCN3C(=O)C2CC2)ccc1F. The third-order valence-corrected chi connectivity index (χ3v) is 6.74. The minimum absolute atomic E-state index is 0.0823. The molecule has 1 saturated heterocycles. The summed E-state index contributed by atoms with van der Waals surface area (Å²) in [6.45, 7) is 3.47. The van der Waals surface area contributed by atoms with E-state index >= 15 is 0 Å². The number of piperidine rings is 1. The molecule has 29 heavy (non-hydrogen) atoms. The van der Waals surface area contributed by atoms with Crippen molar-refractivity contribution in [1.82, 2.24) is 19.8 Å². The molecule has 1 N–H and O–H groups in total. The van der Waals surface area contributed by atoms with Crippen LogP contribution in [0.25, 0.3) is 0 Å². The van der Waals surface area contributed by atoms with Crippen LogP contribution >= 0.6 is 0 Å². The number of hydrogen-bond acceptors (Lipinski definition) is 3. The number of aromatic amines is 1. The maximum Gasteiger partial charge on any atom is 0.253 e. The lowest BCUT2D eigenvalue weighted by Crippen LogP contribution is -2.59. The molecule has 7 heteroatoms. The highest BCUT2D eigenvalue weighted by molar-refractivity contribution is 5.94. The summed E-state index contributed by atoms with van der Waals surface area (Å²) < 4.78 is 13.6.